The summed E-state index contributed by atoms with van der Waals surface area (Å²) in [6, 6.07) is 11.9. The third-order valence-electron chi connectivity index (χ3n) is 4.91. The standard InChI is InChI=1S/C19H32N2/c1-6-20-18(16-10-8-7-9-11-16)19(14(2)3)21(5)13-17-12-15(17)4/h7-11,14-15,17-20H,6,12-13H2,1-5H3. The highest BCUT2D eigenvalue weighted by Gasteiger charge is 2.37. The van der Waals surface area contributed by atoms with Gasteiger partial charge in [0.15, 0.2) is 0 Å². The Labute approximate surface area is 130 Å². The minimum Gasteiger partial charge on any atom is -0.309 e. The second kappa shape index (κ2) is 7.42. The summed E-state index contributed by atoms with van der Waals surface area (Å²) in [5.74, 6) is 2.47. The number of benzene rings is 1. The van der Waals surface area contributed by atoms with Gasteiger partial charge in [0.05, 0.1) is 0 Å². The van der Waals surface area contributed by atoms with Gasteiger partial charge < -0.3 is 10.2 Å². The van der Waals surface area contributed by atoms with Crippen molar-refractivity contribution in [1.82, 2.24) is 10.2 Å². The van der Waals surface area contributed by atoms with Crippen LogP contribution in [0.25, 0.3) is 0 Å². The molecular formula is C19H32N2. The van der Waals surface area contributed by atoms with Crippen molar-refractivity contribution in [1.29, 1.82) is 0 Å². The zero-order valence-corrected chi connectivity index (χ0v) is 14.3. The van der Waals surface area contributed by atoms with Crippen LogP contribution in [0.15, 0.2) is 30.3 Å². The lowest BCUT2D eigenvalue weighted by Gasteiger charge is -2.38. The van der Waals surface area contributed by atoms with Crippen LogP contribution < -0.4 is 5.32 Å². The molecule has 0 aromatic heterocycles. The fraction of sp³-hybridized carbons (Fsp3) is 0.684. The minimum atomic E-state index is 0.412. The summed E-state index contributed by atoms with van der Waals surface area (Å²) in [6.07, 6.45) is 1.41. The van der Waals surface area contributed by atoms with Crippen LogP contribution in [0.1, 0.15) is 45.7 Å². The summed E-state index contributed by atoms with van der Waals surface area (Å²) in [5, 5.41) is 3.72. The smallest absolute Gasteiger partial charge is 0.0480 e. The number of hydrogen-bond acceptors (Lipinski definition) is 2. The van der Waals surface area contributed by atoms with Gasteiger partial charge in [-0.2, -0.15) is 0 Å². The Bertz CT molecular complexity index is 415. The summed E-state index contributed by atoms with van der Waals surface area (Å²) in [4.78, 5) is 2.60. The largest absolute Gasteiger partial charge is 0.309 e. The van der Waals surface area contributed by atoms with E-state index in [4.69, 9.17) is 0 Å². The minimum absolute atomic E-state index is 0.412. The first kappa shape index (κ1) is 16.5. The zero-order valence-electron chi connectivity index (χ0n) is 14.3. The Morgan fingerprint density at radius 1 is 1.24 bits per heavy atom. The normalized spacial score (nSPS) is 24.3. The van der Waals surface area contributed by atoms with E-state index < -0.39 is 0 Å². The van der Waals surface area contributed by atoms with E-state index >= 15 is 0 Å². The van der Waals surface area contributed by atoms with Crippen molar-refractivity contribution in [3.05, 3.63) is 35.9 Å². The molecular weight excluding hydrogens is 256 g/mol. The Balaban J connectivity index is 2.15. The fourth-order valence-corrected chi connectivity index (χ4v) is 3.61. The molecule has 2 nitrogen and oxygen atoms in total. The maximum atomic E-state index is 3.72. The second-order valence-electron chi connectivity index (χ2n) is 7.09. The Kier molecular flexibility index (Phi) is 5.83. The monoisotopic (exact) mass is 288 g/mol. The van der Waals surface area contributed by atoms with Crippen LogP contribution in [0.4, 0.5) is 0 Å². The van der Waals surface area contributed by atoms with Gasteiger partial charge in [-0.25, -0.2) is 0 Å². The first-order chi connectivity index (χ1) is 10.0. The van der Waals surface area contributed by atoms with Gasteiger partial charge in [-0.05, 0) is 43.3 Å². The molecule has 2 heteroatoms. The highest BCUT2D eigenvalue weighted by molar-refractivity contribution is 5.21. The average molecular weight is 288 g/mol. The van der Waals surface area contributed by atoms with Crippen molar-refractivity contribution in [2.24, 2.45) is 17.8 Å². The SMILES string of the molecule is CCNC(c1ccccc1)C(C(C)C)N(C)CC1CC1C. The van der Waals surface area contributed by atoms with Crippen LogP contribution in [-0.4, -0.2) is 31.1 Å². The molecule has 1 aromatic rings. The van der Waals surface area contributed by atoms with Crippen LogP contribution in [0, 0.1) is 17.8 Å². The predicted octanol–water partition coefficient (Wildman–Crippen LogP) is 3.95. The number of likely N-dealkylation sites (N-methyl/N-ethyl adjacent to an activating group) is 2. The molecule has 4 atom stereocenters. The first-order valence-corrected chi connectivity index (χ1v) is 8.53. The van der Waals surface area contributed by atoms with Crippen LogP contribution in [-0.2, 0) is 0 Å². The second-order valence-corrected chi connectivity index (χ2v) is 7.09. The maximum Gasteiger partial charge on any atom is 0.0480 e. The van der Waals surface area contributed by atoms with Gasteiger partial charge in [0.2, 0.25) is 0 Å². The van der Waals surface area contributed by atoms with Gasteiger partial charge in [0, 0.05) is 18.6 Å². The Morgan fingerprint density at radius 3 is 2.33 bits per heavy atom. The van der Waals surface area contributed by atoms with E-state index in [9.17, 15) is 0 Å². The maximum absolute atomic E-state index is 3.72. The van der Waals surface area contributed by atoms with E-state index in [0.717, 1.165) is 18.4 Å². The summed E-state index contributed by atoms with van der Waals surface area (Å²) in [6.45, 7) is 11.5. The number of nitrogens with one attached hydrogen (secondary N) is 1. The van der Waals surface area contributed by atoms with E-state index in [1.807, 2.05) is 0 Å². The fourth-order valence-electron chi connectivity index (χ4n) is 3.61. The lowest BCUT2D eigenvalue weighted by molar-refractivity contribution is 0.140. The van der Waals surface area contributed by atoms with Gasteiger partial charge in [-0.15, -0.1) is 0 Å². The number of hydrogen-bond donors (Lipinski definition) is 1. The molecule has 21 heavy (non-hydrogen) atoms. The van der Waals surface area contributed by atoms with Gasteiger partial charge in [0.25, 0.3) is 0 Å². The molecule has 0 bridgehead atoms. The molecule has 0 aliphatic heterocycles. The molecule has 1 N–H and O–H groups in total. The number of rotatable bonds is 8. The Morgan fingerprint density at radius 2 is 1.86 bits per heavy atom. The molecule has 1 aliphatic rings. The third-order valence-corrected chi connectivity index (χ3v) is 4.91. The van der Waals surface area contributed by atoms with Crippen molar-refractivity contribution in [2.75, 3.05) is 20.1 Å². The molecule has 0 heterocycles. The van der Waals surface area contributed by atoms with Gasteiger partial charge in [0.1, 0.15) is 0 Å². The lowest BCUT2D eigenvalue weighted by atomic mass is 9.89. The molecule has 0 radical (unpaired) electrons. The zero-order chi connectivity index (χ0) is 15.4. The molecule has 4 unspecified atom stereocenters. The van der Waals surface area contributed by atoms with Crippen LogP contribution >= 0.6 is 0 Å². The van der Waals surface area contributed by atoms with Crippen molar-refractivity contribution in [3.8, 4) is 0 Å². The van der Waals surface area contributed by atoms with Crippen molar-refractivity contribution >= 4 is 0 Å². The number of nitrogens with zero attached hydrogens (tertiary/aromatic N) is 1. The highest BCUT2D eigenvalue weighted by atomic mass is 15.2. The topological polar surface area (TPSA) is 15.3 Å². The van der Waals surface area contributed by atoms with Crippen molar-refractivity contribution in [2.45, 2.75) is 46.2 Å². The van der Waals surface area contributed by atoms with E-state index in [0.29, 0.717) is 18.0 Å². The lowest BCUT2D eigenvalue weighted by Crippen LogP contribution is -2.46. The van der Waals surface area contributed by atoms with E-state index in [2.05, 4.69) is 75.3 Å². The third kappa shape index (κ3) is 4.31. The quantitative estimate of drug-likeness (QED) is 0.779. The van der Waals surface area contributed by atoms with Gasteiger partial charge >= 0.3 is 0 Å². The molecule has 2 rings (SSSR count). The molecule has 1 aromatic carbocycles. The van der Waals surface area contributed by atoms with Crippen LogP contribution in [0.3, 0.4) is 0 Å². The highest BCUT2D eigenvalue weighted by Crippen LogP contribution is 2.39. The predicted molar refractivity (Wildman–Crippen MR) is 91.4 cm³/mol. The molecule has 0 amide bonds. The Hall–Kier alpha value is -0.860. The van der Waals surface area contributed by atoms with Crippen LogP contribution in [0.5, 0.6) is 0 Å². The molecule has 1 fully saturated rings. The summed E-state index contributed by atoms with van der Waals surface area (Å²) in [5.41, 5.74) is 1.41. The summed E-state index contributed by atoms with van der Waals surface area (Å²) in [7, 11) is 2.31. The van der Waals surface area contributed by atoms with Crippen molar-refractivity contribution in [3.63, 3.8) is 0 Å². The molecule has 0 saturated heterocycles. The molecule has 1 aliphatic carbocycles. The summed E-state index contributed by atoms with van der Waals surface area (Å²) >= 11 is 0. The van der Waals surface area contributed by atoms with E-state index in [1.54, 1.807) is 0 Å². The molecule has 118 valence electrons. The van der Waals surface area contributed by atoms with E-state index in [1.165, 1.54) is 18.5 Å². The van der Waals surface area contributed by atoms with Crippen LogP contribution in [0.2, 0.25) is 0 Å². The van der Waals surface area contributed by atoms with Gasteiger partial charge in [-0.1, -0.05) is 58.0 Å². The molecule has 0 spiro atoms. The van der Waals surface area contributed by atoms with Gasteiger partial charge in [-0.3, -0.25) is 0 Å². The van der Waals surface area contributed by atoms with Crippen molar-refractivity contribution < 1.29 is 0 Å². The molecule has 1 saturated carbocycles. The average Bonchev–Trinajstić information content (AvgIpc) is 3.14. The first-order valence-electron chi connectivity index (χ1n) is 8.53. The van der Waals surface area contributed by atoms with E-state index in [-0.39, 0.29) is 0 Å². The summed E-state index contributed by atoms with van der Waals surface area (Å²) < 4.78 is 0.